The number of halogens is 3. The molecule has 0 amide bonds. The molecule has 0 radical (unpaired) electrons. The zero-order chi connectivity index (χ0) is 17.1. The van der Waals surface area contributed by atoms with E-state index in [2.05, 4.69) is 22.7 Å². The van der Waals surface area contributed by atoms with Crippen molar-refractivity contribution in [1.29, 1.82) is 0 Å². The molecule has 0 aromatic heterocycles. The first kappa shape index (κ1) is 17.4. The summed E-state index contributed by atoms with van der Waals surface area (Å²) in [6.07, 6.45) is 2.99. The van der Waals surface area contributed by atoms with Gasteiger partial charge in [-0.25, -0.2) is 0 Å². The van der Waals surface area contributed by atoms with E-state index in [0.29, 0.717) is 22.7 Å². The van der Waals surface area contributed by atoms with Crippen LogP contribution in [-0.2, 0) is 0 Å². The van der Waals surface area contributed by atoms with E-state index in [0.717, 1.165) is 14.7 Å². The van der Waals surface area contributed by atoms with E-state index in [1.165, 1.54) is 21.7 Å². The monoisotopic (exact) mass is 665 g/mol. The van der Waals surface area contributed by atoms with Gasteiger partial charge < -0.3 is 0 Å². The van der Waals surface area contributed by atoms with Crippen molar-refractivity contribution in [3.05, 3.63) is 21.8 Å². The molecule has 2 bridgehead atoms. The van der Waals surface area contributed by atoms with Gasteiger partial charge >= 0.3 is 162 Å². The summed E-state index contributed by atoms with van der Waals surface area (Å²) in [7, 11) is 0. The molecule has 4 nitrogen and oxygen atoms in total. The van der Waals surface area contributed by atoms with Crippen LogP contribution in [0.25, 0.3) is 10.8 Å². The number of nitrogen functional groups attached to an aromatic ring is 4. The third-order valence-corrected chi connectivity index (χ3v) is 49.8. The summed E-state index contributed by atoms with van der Waals surface area (Å²) in [6.45, 7) is 0. The summed E-state index contributed by atoms with van der Waals surface area (Å²) >= 11 is -2.32. The number of hydrogen-bond acceptors (Lipinski definition) is 4. The summed E-state index contributed by atoms with van der Waals surface area (Å²) in [5.74, 6) is 0. The Morgan fingerprint density at radius 2 is 1.58 bits per heavy atom. The van der Waals surface area contributed by atoms with Crippen LogP contribution in [-0.4, -0.2) is 19.7 Å². The van der Waals surface area contributed by atoms with Crippen LogP contribution in [0.2, 0.25) is 0 Å². The van der Waals surface area contributed by atoms with Gasteiger partial charge in [0, 0.05) is 0 Å². The Bertz CT molecular complexity index is 844. The summed E-state index contributed by atoms with van der Waals surface area (Å²) in [5, 5.41) is 1.96. The fourth-order valence-corrected chi connectivity index (χ4v) is 68.1. The maximum absolute atomic E-state index is 6.30. The summed E-state index contributed by atoms with van der Waals surface area (Å²) in [6, 6.07) is 6.81. The Labute approximate surface area is 160 Å². The Kier molecular flexibility index (Phi) is 4.55. The molecule has 2 aromatic rings. The third-order valence-electron chi connectivity index (χ3n) is 5.22. The Balaban J connectivity index is 1.88. The van der Waals surface area contributed by atoms with Crippen molar-refractivity contribution in [3.8, 4) is 0 Å². The van der Waals surface area contributed by atoms with Gasteiger partial charge in [-0.15, -0.1) is 0 Å². The normalized spacial score (nSPS) is 30.3. The van der Waals surface area contributed by atoms with E-state index in [4.69, 9.17) is 22.9 Å². The van der Waals surface area contributed by atoms with E-state index in [-0.39, 0.29) is 16.8 Å². The van der Waals surface area contributed by atoms with Crippen molar-refractivity contribution in [1.82, 2.24) is 0 Å². The molecule has 24 heavy (non-hydrogen) atoms. The van der Waals surface area contributed by atoms with Gasteiger partial charge in [-0.3, -0.25) is 0 Å². The number of benzene rings is 2. The van der Waals surface area contributed by atoms with E-state index in [1.54, 1.807) is 6.00 Å². The molecule has 3 aliphatic heterocycles. The van der Waals surface area contributed by atoms with Gasteiger partial charge in [-0.05, 0) is 0 Å². The van der Waals surface area contributed by atoms with Crippen LogP contribution >= 0.6 is 32.6 Å². The fourth-order valence-electron chi connectivity index (χ4n) is 3.69. The van der Waals surface area contributed by atoms with E-state index in [9.17, 15) is 0 Å². The van der Waals surface area contributed by atoms with Gasteiger partial charge in [0.15, 0.2) is 0 Å². The number of nitrogens with two attached hydrogens (primary N) is 4. The van der Waals surface area contributed by atoms with Gasteiger partial charge in [0.05, 0.1) is 0 Å². The Hall–Kier alpha value is -0.0400. The fraction of sp³-hybridized carbons (Fsp3) is 0.353. The predicted octanol–water partition coefficient (Wildman–Crippen LogP) is 0.456. The van der Waals surface area contributed by atoms with Crippen LogP contribution < -0.4 is 41.4 Å². The molecule has 5 rings (SSSR count). The first-order valence-electron chi connectivity index (χ1n) is 7.85. The van der Waals surface area contributed by atoms with Gasteiger partial charge in [-0.2, -0.15) is 0 Å². The zero-order valence-corrected chi connectivity index (χ0v) is 20.0. The SMILES string of the molecule is C=II1C[I-]2(c3ccc4c(N)c(N)c(N)c(N)c4c3)CCC1CC2. The number of rotatable bonds is 2. The molecule has 3 saturated heterocycles. The molecule has 0 spiro atoms. The molecule has 0 saturated carbocycles. The Morgan fingerprint density at radius 3 is 2.21 bits per heavy atom. The predicted molar refractivity (Wildman–Crippen MR) is 123 cm³/mol. The number of alkyl halides is 5. The molecule has 134 valence electrons. The van der Waals surface area contributed by atoms with Crippen molar-refractivity contribution in [3.63, 3.8) is 0 Å². The van der Waals surface area contributed by atoms with Gasteiger partial charge in [0.25, 0.3) is 0 Å². The van der Waals surface area contributed by atoms with Crippen molar-refractivity contribution in [2.75, 3.05) is 34.2 Å². The number of hydrogen-bond donors (Lipinski definition) is 4. The van der Waals surface area contributed by atoms with Crippen LogP contribution in [0.3, 0.4) is 0 Å². The van der Waals surface area contributed by atoms with Gasteiger partial charge in [0.2, 0.25) is 0 Å². The van der Waals surface area contributed by atoms with E-state index >= 15 is 0 Å². The molecule has 3 heterocycles. The van der Waals surface area contributed by atoms with Gasteiger partial charge in [0.1, 0.15) is 0 Å². The van der Waals surface area contributed by atoms with E-state index in [1.807, 2.05) is 0 Å². The third kappa shape index (κ3) is 2.51. The molecular formula is C17H24I3N4-. The number of anilines is 4. The minimum absolute atomic E-state index is 0.260. The second kappa shape index (κ2) is 6.29. The molecule has 8 N–H and O–H groups in total. The van der Waals surface area contributed by atoms with Crippen molar-refractivity contribution >= 4 is 70.6 Å². The summed E-state index contributed by atoms with van der Waals surface area (Å²) in [5.41, 5.74) is 26.6. The molecule has 3 fully saturated rings. The van der Waals surface area contributed by atoms with Crippen LogP contribution in [0, 0.1) is 3.57 Å². The average molecular weight is 665 g/mol. The number of fused-ring (bicyclic) bond motifs is 4. The Morgan fingerprint density at radius 1 is 0.958 bits per heavy atom. The second-order valence-corrected chi connectivity index (χ2v) is 34.9. The summed E-state index contributed by atoms with van der Waals surface area (Å²) < 4.78 is 11.8. The first-order valence-corrected chi connectivity index (χ1v) is 24.1. The average Bonchev–Trinajstić information content (AvgIpc) is 2.64. The van der Waals surface area contributed by atoms with Crippen molar-refractivity contribution in [2.24, 2.45) is 0 Å². The molecule has 0 atom stereocenters. The van der Waals surface area contributed by atoms with Crippen molar-refractivity contribution < 1.29 is 18.4 Å². The maximum atomic E-state index is 6.30. The molecular weight excluding hydrogens is 641 g/mol. The first-order chi connectivity index (χ1) is 11.5. The quantitative estimate of drug-likeness (QED) is 0.213. The van der Waals surface area contributed by atoms with Gasteiger partial charge in [-0.1, -0.05) is 0 Å². The molecule has 0 aliphatic carbocycles. The standard InChI is InChI=1S/C17H24I3N4/c1-18-19-9-20(6-4-10(19)5-7-20)11-2-3-12-13(8-11)15(22)17(24)16(23)14(12)21/h2-3,8,10H,1,4-7,9,21-24H2/q-1. The molecule has 3 aliphatic rings. The van der Waals surface area contributed by atoms with Crippen molar-refractivity contribution in [2.45, 2.75) is 16.8 Å². The van der Waals surface area contributed by atoms with Crippen LogP contribution in [0.5, 0.6) is 0 Å². The topological polar surface area (TPSA) is 104 Å². The van der Waals surface area contributed by atoms with E-state index < -0.39 is 34.3 Å². The minimum atomic E-state index is -1.86. The molecule has 2 aromatic carbocycles. The second-order valence-electron chi connectivity index (χ2n) is 6.40. The summed E-state index contributed by atoms with van der Waals surface area (Å²) in [4.78, 5) is 0. The molecule has 0 unspecified atom stereocenters. The van der Waals surface area contributed by atoms with Crippen LogP contribution in [0.15, 0.2) is 18.2 Å². The molecule has 7 heteroatoms. The van der Waals surface area contributed by atoms with Crippen LogP contribution in [0.1, 0.15) is 12.8 Å². The van der Waals surface area contributed by atoms with Crippen LogP contribution in [0.4, 0.5) is 22.7 Å². The zero-order valence-electron chi connectivity index (χ0n) is 13.5.